The molecule has 0 radical (unpaired) electrons. The van der Waals surface area contributed by atoms with Crippen LogP contribution in [0.5, 0.6) is 0 Å². The molecule has 0 aliphatic carbocycles. The summed E-state index contributed by atoms with van der Waals surface area (Å²) in [5, 5.41) is 7.19. The molecule has 0 saturated heterocycles. The summed E-state index contributed by atoms with van der Waals surface area (Å²) in [5.74, 6) is 1.92. The van der Waals surface area contributed by atoms with Crippen molar-refractivity contribution in [3.63, 3.8) is 0 Å². The third-order valence-electron chi connectivity index (χ3n) is 6.79. The van der Waals surface area contributed by atoms with Crippen LogP contribution in [-0.4, -0.2) is 11.8 Å². The summed E-state index contributed by atoms with van der Waals surface area (Å²) in [6.45, 7) is -2.46. The molecule has 0 bridgehead atoms. The van der Waals surface area contributed by atoms with Crippen LogP contribution in [0.25, 0.3) is 0 Å². The van der Waals surface area contributed by atoms with Crippen LogP contribution in [0.2, 0.25) is 0 Å². The van der Waals surface area contributed by atoms with Crippen molar-refractivity contribution in [1.29, 1.82) is 0 Å². The molecule has 1 aliphatic rings. The van der Waals surface area contributed by atoms with Gasteiger partial charge in [-0.1, -0.05) is 133 Å². The molecule has 1 aliphatic heterocycles. The average Bonchev–Trinajstić information content (AvgIpc) is 2.98. The zero-order chi connectivity index (χ0) is 25.1. The Labute approximate surface area is 217 Å². The first-order chi connectivity index (χ1) is 18.2. The van der Waals surface area contributed by atoms with Crippen molar-refractivity contribution in [2.75, 3.05) is 5.32 Å². The van der Waals surface area contributed by atoms with Crippen LogP contribution >= 0.6 is 6.89 Å². The summed E-state index contributed by atoms with van der Waals surface area (Å²) in [7, 11) is 0. The van der Waals surface area contributed by atoms with Gasteiger partial charge in [-0.25, -0.2) is 4.79 Å². The molecule has 6 rings (SSSR count). The summed E-state index contributed by atoms with van der Waals surface area (Å²) in [4.78, 5) is 13.5. The van der Waals surface area contributed by atoms with E-state index in [-0.39, 0.29) is 5.97 Å². The van der Waals surface area contributed by atoms with Crippen molar-refractivity contribution in [1.82, 2.24) is 0 Å². The quantitative estimate of drug-likeness (QED) is 0.241. The summed E-state index contributed by atoms with van der Waals surface area (Å²) in [6, 6.07) is 49.2. The smallest absolute Gasteiger partial charge is 0.342 e. The topological polar surface area (TPSA) is 38.3 Å². The monoisotopic (exact) mass is 499 g/mol. The van der Waals surface area contributed by atoms with E-state index in [1.165, 1.54) is 15.9 Å². The summed E-state index contributed by atoms with van der Waals surface area (Å²) in [6.07, 6.45) is 0. The summed E-state index contributed by atoms with van der Waals surface area (Å²) >= 11 is 0. The molecule has 37 heavy (non-hydrogen) atoms. The van der Waals surface area contributed by atoms with Gasteiger partial charge in [-0.05, 0) is 40.7 Å². The predicted octanol–water partition coefficient (Wildman–Crippen LogP) is 5.92. The van der Waals surface area contributed by atoms with Gasteiger partial charge < -0.3 is 10.1 Å². The van der Waals surface area contributed by atoms with Crippen molar-refractivity contribution in [3.8, 4) is 0 Å². The number of benzene rings is 5. The second-order valence-electron chi connectivity index (χ2n) is 9.02. The van der Waals surface area contributed by atoms with Gasteiger partial charge in [-0.3, -0.25) is 0 Å². The fourth-order valence-corrected chi connectivity index (χ4v) is 9.16. The Bertz CT molecular complexity index is 1480. The number of hydrogen-bond acceptors (Lipinski definition) is 3. The van der Waals surface area contributed by atoms with E-state index in [1.54, 1.807) is 6.07 Å². The fourth-order valence-electron chi connectivity index (χ4n) is 5.08. The first kappa shape index (κ1) is 23.1. The Kier molecular flexibility index (Phi) is 6.00. The number of para-hydroxylation sites is 1. The van der Waals surface area contributed by atoms with Crippen LogP contribution in [0.1, 0.15) is 15.9 Å². The lowest BCUT2D eigenvalue weighted by molar-refractivity contribution is 0.0183. The first-order valence-corrected chi connectivity index (χ1v) is 14.2. The van der Waals surface area contributed by atoms with E-state index in [1.807, 2.05) is 66.7 Å². The van der Waals surface area contributed by atoms with Gasteiger partial charge in [0.05, 0.1) is 11.3 Å². The van der Waals surface area contributed by atoms with Crippen LogP contribution in [0, 0.1) is 0 Å². The molecule has 1 atom stereocenters. The molecule has 4 heteroatoms. The lowest BCUT2D eigenvalue weighted by Gasteiger charge is -2.41. The SMILES string of the molecule is O=C1OC(C=P(c2ccccc2)(c2ccccc2)c2ccccc2)(c2ccccc2)Nc2ccccc21. The normalized spacial score (nSPS) is 16.7. The number of fused-ring (bicyclic) bond motifs is 1. The fraction of sp³-hybridized carbons (Fsp3) is 0.0303. The zero-order valence-corrected chi connectivity index (χ0v) is 21.1. The maximum Gasteiger partial charge on any atom is 0.342 e. The molecule has 0 spiro atoms. The van der Waals surface area contributed by atoms with Crippen LogP contribution in [0.4, 0.5) is 5.69 Å². The number of carbonyl (C=O) groups excluding carboxylic acids is 1. The molecule has 3 nitrogen and oxygen atoms in total. The molecular weight excluding hydrogens is 473 g/mol. The van der Waals surface area contributed by atoms with Gasteiger partial charge in [0, 0.05) is 5.56 Å². The molecule has 0 fully saturated rings. The van der Waals surface area contributed by atoms with Gasteiger partial charge in [0.25, 0.3) is 0 Å². The number of esters is 1. The molecule has 180 valence electrons. The molecule has 1 heterocycles. The lowest BCUT2D eigenvalue weighted by atomic mass is 10.0. The highest BCUT2D eigenvalue weighted by atomic mass is 31.2. The minimum absolute atomic E-state index is 0.346. The highest BCUT2D eigenvalue weighted by Crippen LogP contribution is 2.48. The van der Waals surface area contributed by atoms with E-state index in [0.717, 1.165) is 11.3 Å². The number of hydrogen-bond donors (Lipinski definition) is 1. The number of carbonyl (C=O) groups is 1. The predicted molar refractivity (Wildman–Crippen MR) is 155 cm³/mol. The molecular formula is C33H26NO2P. The van der Waals surface area contributed by atoms with E-state index < -0.39 is 12.6 Å². The molecule has 5 aromatic carbocycles. The van der Waals surface area contributed by atoms with Gasteiger partial charge in [-0.2, -0.15) is 0 Å². The van der Waals surface area contributed by atoms with E-state index in [0.29, 0.717) is 5.56 Å². The van der Waals surface area contributed by atoms with Crippen LogP contribution in [0.3, 0.4) is 0 Å². The number of cyclic esters (lactones) is 1. The second kappa shape index (κ2) is 9.61. The molecule has 5 aromatic rings. The highest BCUT2D eigenvalue weighted by molar-refractivity contribution is 7.94. The van der Waals surface area contributed by atoms with E-state index in [9.17, 15) is 4.79 Å². The van der Waals surface area contributed by atoms with Crippen molar-refractivity contribution in [2.24, 2.45) is 0 Å². The van der Waals surface area contributed by atoms with Gasteiger partial charge in [0.15, 0.2) is 0 Å². The van der Waals surface area contributed by atoms with Crippen LogP contribution in [0.15, 0.2) is 146 Å². The van der Waals surface area contributed by atoms with Crippen molar-refractivity contribution >= 4 is 40.3 Å². The van der Waals surface area contributed by atoms with Crippen molar-refractivity contribution in [3.05, 3.63) is 157 Å². The Morgan fingerprint density at radius 2 is 1.00 bits per heavy atom. The Balaban J connectivity index is 1.76. The Hall–Kier alpha value is -4.33. The molecule has 1 N–H and O–H groups in total. The number of nitrogens with one attached hydrogen (secondary N) is 1. The van der Waals surface area contributed by atoms with E-state index in [4.69, 9.17) is 4.74 Å². The third kappa shape index (κ3) is 4.08. The minimum Gasteiger partial charge on any atom is -0.427 e. The van der Waals surface area contributed by atoms with Crippen molar-refractivity contribution in [2.45, 2.75) is 5.72 Å². The minimum atomic E-state index is -2.46. The summed E-state index contributed by atoms with van der Waals surface area (Å²) < 4.78 is 6.43. The van der Waals surface area contributed by atoms with Gasteiger partial charge in [-0.15, -0.1) is 0 Å². The lowest BCUT2D eigenvalue weighted by Crippen LogP contribution is -2.47. The van der Waals surface area contributed by atoms with E-state index in [2.05, 4.69) is 83.9 Å². The Morgan fingerprint density at radius 1 is 0.568 bits per heavy atom. The van der Waals surface area contributed by atoms with E-state index >= 15 is 0 Å². The highest BCUT2D eigenvalue weighted by Gasteiger charge is 2.43. The van der Waals surface area contributed by atoms with Crippen molar-refractivity contribution < 1.29 is 9.53 Å². The van der Waals surface area contributed by atoms with Gasteiger partial charge >= 0.3 is 5.97 Å². The second-order valence-corrected chi connectivity index (χ2v) is 12.3. The molecule has 0 aromatic heterocycles. The number of ether oxygens (including phenoxy) is 1. The molecule has 0 amide bonds. The Morgan fingerprint density at radius 3 is 1.51 bits per heavy atom. The maximum absolute atomic E-state index is 13.5. The molecule has 0 saturated carbocycles. The number of rotatable bonds is 5. The van der Waals surface area contributed by atoms with Crippen LogP contribution < -0.4 is 21.2 Å². The van der Waals surface area contributed by atoms with Gasteiger partial charge in [0.2, 0.25) is 5.72 Å². The standard InChI is InChI=1S/C33H26NO2P/c35-32-30-23-13-14-24-31(30)34-33(36-32,26-15-5-1-6-16-26)25-37(27-17-7-2-8-18-27,28-19-9-3-10-20-28)29-21-11-4-12-22-29/h1-25,34H. The summed E-state index contributed by atoms with van der Waals surface area (Å²) in [5.41, 5.74) is 0.962. The average molecular weight is 500 g/mol. The first-order valence-electron chi connectivity index (χ1n) is 12.3. The maximum atomic E-state index is 13.5. The largest absolute Gasteiger partial charge is 0.427 e. The van der Waals surface area contributed by atoms with Gasteiger partial charge in [0.1, 0.15) is 0 Å². The number of anilines is 1. The molecule has 1 unspecified atom stereocenters. The van der Waals surface area contributed by atoms with Crippen LogP contribution in [-0.2, 0) is 10.5 Å². The third-order valence-corrected chi connectivity index (χ3v) is 10.9. The zero-order valence-electron chi connectivity index (χ0n) is 20.2.